The Morgan fingerprint density at radius 3 is 2.60 bits per heavy atom. The molecule has 110 valence electrons. The molecule has 0 spiro atoms. The fourth-order valence-corrected chi connectivity index (χ4v) is 3.49. The largest absolute Gasteiger partial charge is 0.269 e. The second-order valence-electron chi connectivity index (χ2n) is 5.83. The highest BCUT2D eigenvalue weighted by Gasteiger charge is 2.27. The van der Waals surface area contributed by atoms with Gasteiger partial charge in [-0.2, -0.15) is 0 Å². The quantitative estimate of drug-likeness (QED) is 0.438. The van der Waals surface area contributed by atoms with E-state index in [0.29, 0.717) is 11.3 Å². The fourth-order valence-electron chi connectivity index (χ4n) is 3.13. The van der Waals surface area contributed by atoms with Gasteiger partial charge in [0.05, 0.1) is 4.92 Å². The molecule has 1 aromatic carbocycles. The average Bonchev–Trinajstić information content (AvgIpc) is 2.47. The van der Waals surface area contributed by atoms with Crippen LogP contribution in [0.1, 0.15) is 44.6 Å². The van der Waals surface area contributed by atoms with Gasteiger partial charge in [-0.1, -0.05) is 25.5 Å². The van der Waals surface area contributed by atoms with Crippen molar-refractivity contribution in [2.24, 2.45) is 11.8 Å². The molecular formula is C16H22ClNO2. The number of benzene rings is 1. The summed E-state index contributed by atoms with van der Waals surface area (Å²) in [4.78, 5) is 10.3. The smallest absolute Gasteiger partial charge is 0.258 e. The first-order valence-corrected chi connectivity index (χ1v) is 7.91. The Kier molecular flexibility index (Phi) is 5.41. The predicted molar refractivity (Wildman–Crippen MR) is 82.2 cm³/mol. The summed E-state index contributed by atoms with van der Waals surface area (Å²) in [7, 11) is 0. The van der Waals surface area contributed by atoms with E-state index < -0.39 is 0 Å². The van der Waals surface area contributed by atoms with Gasteiger partial charge >= 0.3 is 0 Å². The van der Waals surface area contributed by atoms with E-state index in [9.17, 15) is 10.1 Å². The van der Waals surface area contributed by atoms with E-state index in [-0.39, 0.29) is 10.6 Å². The second-order valence-corrected chi connectivity index (χ2v) is 6.39. The Bertz CT molecular complexity index is 446. The molecule has 4 heteroatoms. The van der Waals surface area contributed by atoms with Gasteiger partial charge in [-0.15, -0.1) is 11.6 Å². The topological polar surface area (TPSA) is 43.1 Å². The summed E-state index contributed by atoms with van der Waals surface area (Å²) in [5, 5.41) is 10.9. The number of nitro groups is 1. The third-order valence-corrected chi connectivity index (χ3v) is 5.10. The van der Waals surface area contributed by atoms with Crippen molar-refractivity contribution in [1.82, 2.24) is 0 Å². The molecule has 1 aliphatic rings. The highest BCUT2D eigenvalue weighted by molar-refractivity contribution is 6.20. The summed E-state index contributed by atoms with van der Waals surface area (Å²) in [6.07, 6.45) is 6.92. The number of nitrogens with zero attached hydrogens (tertiary/aromatic N) is 1. The third-order valence-electron chi connectivity index (χ3n) is 4.53. The lowest BCUT2D eigenvalue weighted by atomic mass is 9.77. The van der Waals surface area contributed by atoms with Gasteiger partial charge in [0, 0.05) is 17.5 Å². The molecule has 0 aliphatic heterocycles. The van der Waals surface area contributed by atoms with Gasteiger partial charge < -0.3 is 0 Å². The van der Waals surface area contributed by atoms with Crippen molar-refractivity contribution < 1.29 is 4.92 Å². The Labute approximate surface area is 125 Å². The fraction of sp³-hybridized carbons (Fsp3) is 0.625. The maximum Gasteiger partial charge on any atom is 0.269 e. The summed E-state index contributed by atoms with van der Waals surface area (Å²) >= 11 is 6.45. The molecule has 0 aromatic heterocycles. The molecule has 0 saturated heterocycles. The number of aryl methyl sites for hydroxylation is 1. The minimum absolute atomic E-state index is 0.160. The molecular weight excluding hydrogens is 274 g/mol. The minimum Gasteiger partial charge on any atom is -0.258 e. The van der Waals surface area contributed by atoms with E-state index in [4.69, 9.17) is 11.6 Å². The first-order valence-electron chi connectivity index (χ1n) is 7.47. The number of rotatable bonds is 5. The zero-order valence-electron chi connectivity index (χ0n) is 11.9. The summed E-state index contributed by atoms with van der Waals surface area (Å²) in [6, 6.07) is 6.90. The Morgan fingerprint density at radius 2 is 2.00 bits per heavy atom. The van der Waals surface area contributed by atoms with Gasteiger partial charge in [-0.3, -0.25) is 10.1 Å². The molecule has 0 N–H and O–H groups in total. The lowest BCUT2D eigenvalue weighted by Gasteiger charge is -2.32. The normalized spacial score (nSPS) is 26.4. The molecule has 0 radical (unpaired) electrons. The zero-order chi connectivity index (χ0) is 14.5. The molecule has 3 nitrogen and oxygen atoms in total. The van der Waals surface area contributed by atoms with E-state index in [0.717, 1.165) is 30.7 Å². The first-order chi connectivity index (χ1) is 9.60. The van der Waals surface area contributed by atoms with E-state index >= 15 is 0 Å². The first kappa shape index (κ1) is 15.3. The molecule has 0 bridgehead atoms. The summed E-state index contributed by atoms with van der Waals surface area (Å²) in [5.41, 5.74) is 1.32. The molecule has 3 unspecified atom stereocenters. The molecule has 0 amide bonds. The lowest BCUT2D eigenvalue weighted by molar-refractivity contribution is -0.384. The number of alkyl halides is 1. The van der Waals surface area contributed by atoms with Gasteiger partial charge in [-0.05, 0) is 49.5 Å². The van der Waals surface area contributed by atoms with E-state index in [2.05, 4.69) is 6.92 Å². The van der Waals surface area contributed by atoms with Crippen LogP contribution >= 0.6 is 11.6 Å². The highest BCUT2D eigenvalue weighted by Crippen LogP contribution is 2.36. The van der Waals surface area contributed by atoms with Gasteiger partial charge in [-0.25, -0.2) is 0 Å². The van der Waals surface area contributed by atoms with Gasteiger partial charge in [0.2, 0.25) is 0 Å². The van der Waals surface area contributed by atoms with Crippen LogP contribution in [0.25, 0.3) is 0 Å². The Hall–Kier alpha value is -1.09. The van der Waals surface area contributed by atoms with Crippen LogP contribution in [0.15, 0.2) is 24.3 Å². The average molecular weight is 296 g/mol. The molecule has 2 rings (SSSR count). The van der Waals surface area contributed by atoms with Gasteiger partial charge in [0.1, 0.15) is 0 Å². The highest BCUT2D eigenvalue weighted by atomic mass is 35.5. The van der Waals surface area contributed by atoms with Crippen LogP contribution in [0.5, 0.6) is 0 Å². The van der Waals surface area contributed by atoms with Crippen LogP contribution in [0.4, 0.5) is 5.69 Å². The maximum absolute atomic E-state index is 10.6. The third kappa shape index (κ3) is 3.95. The Morgan fingerprint density at radius 1 is 1.30 bits per heavy atom. The number of hydrogen-bond donors (Lipinski definition) is 0. The number of non-ortho nitro benzene ring substituents is 1. The van der Waals surface area contributed by atoms with E-state index in [1.165, 1.54) is 19.3 Å². The van der Waals surface area contributed by atoms with Crippen molar-refractivity contribution in [2.75, 3.05) is 0 Å². The van der Waals surface area contributed by atoms with Crippen molar-refractivity contribution in [3.05, 3.63) is 39.9 Å². The monoisotopic (exact) mass is 295 g/mol. The summed E-state index contributed by atoms with van der Waals surface area (Å²) in [6.45, 7) is 2.26. The van der Waals surface area contributed by atoms with Crippen LogP contribution in [-0.4, -0.2) is 10.3 Å². The van der Waals surface area contributed by atoms with E-state index in [1.807, 2.05) is 12.1 Å². The van der Waals surface area contributed by atoms with Crippen LogP contribution < -0.4 is 0 Å². The minimum atomic E-state index is -0.356. The SMILES string of the molecule is CCC1CCC(Cl)C(CCc2ccc([N+](=O)[O-])cc2)C1. The summed E-state index contributed by atoms with van der Waals surface area (Å²) < 4.78 is 0. The molecule has 1 saturated carbocycles. The molecule has 1 aliphatic carbocycles. The van der Waals surface area contributed by atoms with Gasteiger partial charge in [0.25, 0.3) is 5.69 Å². The summed E-state index contributed by atoms with van der Waals surface area (Å²) in [5.74, 6) is 1.41. The van der Waals surface area contributed by atoms with Crippen LogP contribution in [-0.2, 0) is 6.42 Å². The molecule has 20 heavy (non-hydrogen) atoms. The second kappa shape index (κ2) is 7.07. The van der Waals surface area contributed by atoms with Crippen molar-refractivity contribution in [2.45, 2.75) is 50.8 Å². The molecule has 1 aromatic rings. The van der Waals surface area contributed by atoms with E-state index in [1.54, 1.807) is 12.1 Å². The van der Waals surface area contributed by atoms with Crippen LogP contribution in [0.3, 0.4) is 0 Å². The maximum atomic E-state index is 10.6. The van der Waals surface area contributed by atoms with Gasteiger partial charge in [0.15, 0.2) is 0 Å². The molecule has 3 atom stereocenters. The molecule has 1 fully saturated rings. The lowest BCUT2D eigenvalue weighted by Crippen LogP contribution is -2.25. The van der Waals surface area contributed by atoms with Crippen molar-refractivity contribution in [1.29, 1.82) is 0 Å². The number of halogens is 1. The number of hydrogen-bond acceptors (Lipinski definition) is 2. The Balaban J connectivity index is 1.88. The predicted octanol–water partition coefficient (Wildman–Crippen LogP) is 4.96. The number of nitro benzene ring substituents is 1. The molecule has 0 heterocycles. The van der Waals surface area contributed by atoms with Crippen LogP contribution in [0, 0.1) is 22.0 Å². The van der Waals surface area contributed by atoms with Crippen molar-refractivity contribution in [3.63, 3.8) is 0 Å². The standard InChI is InChI=1S/C16H22ClNO2/c1-2-12-6-10-16(17)14(11-12)7-3-13-4-8-15(9-5-13)18(19)20/h4-5,8-9,12,14,16H,2-3,6-7,10-11H2,1H3. The zero-order valence-corrected chi connectivity index (χ0v) is 12.7. The van der Waals surface area contributed by atoms with Crippen molar-refractivity contribution in [3.8, 4) is 0 Å². The van der Waals surface area contributed by atoms with Crippen molar-refractivity contribution >= 4 is 17.3 Å². The van der Waals surface area contributed by atoms with Crippen LogP contribution in [0.2, 0.25) is 0 Å².